The number of carbonyl (C=O) groups is 1. The minimum absolute atomic E-state index is 0.0278. The number of H-pyrrole nitrogens is 1. The lowest BCUT2D eigenvalue weighted by molar-refractivity contribution is -0.122. The molecule has 1 saturated heterocycles. The summed E-state index contributed by atoms with van der Waals surface area (Å²) >= 11 is 0. The highest BCUT2D eigenvalue weighted by atomic mass is 16.2. The van der Waals surface area contributed by atoms with Crippen molar-refractivity contribution in [1.82, 2.24) is 30.8 Å². The van der Waals surface area contributed by atoms with Gasteiger partial charge in [-0.15, -0.1) is 10.2 Å². The molecule has 112 valence electrons. The zero-order chi connectivity index (χ0) is 14.4. The smallest absolute Gasteiger partial charge is 0.234 e. The third-order valence-electron chi connectivity index (χ3n) is 3.61. The molecule has 1 amide bonds. The number of hydrogen-bond acceptors (Lipinski definition) is 5. The fourth-order valence-corrected chi connectivity index (χ4v) is 2.85. The lowest BCUT2D eigenvalue weighted by Crippen LogP contribution is -2.42. The summed E-state index contributed by atoms with van der Waals surface area (Å²) in [6.45, 7) is 7.37. The number of nitrogens with zero attached hydrogens (tertiary/aromatic N) is 4. The van der Waals surface area contributed by atoms with Gasteiger partial charge in [-0.1, -0.05) is 19.1 Å². The van der Waals surface area contributed by atoms with E-state index in [4.69, 9.17) is 0 Å². The van der Waals surface area contributed by atoms with Crippen LogP contribution in [0.3, 0.4) is 0 Å². The Balaban J connectivity index is 1.70. The molecule has 2 N–H and O–H groups in total. The Morgan fingerprint density at radius 3 is 3.10 bits per heavy atom. The predicted octanol–water partition coefficient (Wildman–Crippen LogP) is 0.574. The fraction of sp³-hybridized carbons (Fsp3) is 0.846. The normalized spacial score (nSPS) is 20.2. The molecule has 0 aliphatic carbocycles. The summed E-state index contributed by atoms with van der Waals surface area (Å²) in [6, 6.07) is 0. The second-order valence-corrected chi connectivity index (χ2v) is 5.98. The Morgan fingerprint density at radius 1 is 1.55 bits per heavy atom. The van der Waals surface area contributed by atoms with E-state index >= 15 is 0 Å². The van der Waals surface area contributed by atoms with E-state index < -0.39 is 0 Å². The summed E-state index contributed by atoms with van der Waals surface area (Å²) in [5, 5.41) is 16.3. The van der Waals surface area contributed by atoms with Gasteiger partial charge in [0.25, 0.3) is 0 Å². The maximum Gasteiger partial charge on any atom is 0.234 e. The van der Waals surface area contributed by atoms with Crippen LogP contribution >= 0.6 is 0 Å². The maximum absolute atomic E-state index is 11.9. The van der Waals surface area contributed by atoms with Crippen molar-refractivity contribution >= 4 is 5.91 Å². The second-order valence-electron chi connectivity index (χ2n) is 5.98. The molecule has 1 aromatic heterocycles. The van der Waals surface area contributed by atoms with Gasteiger partial charge in [0.15, 0.2) is 5.82 Å². The van der Waals surface area contributed by atoms with Crippen LogP contribution in [0.5, 0.6) is 0 Å². The molecule has 2 rings (SSSR count). The molecule has 2 heterocycles. The lowest BCUT2D eigenvalue weighted by Gasteiger charge is -2.33. The van der Waals surface area contributed by atoms with Gasteiger partial charge in [-0.25, -0.2) is 0 Å². The first-order valence-electron chi connectivity index (χ1n) is 7.35. The number of carbonyl (C=O) groups excluding carboxylic acids is 1. The highest BCUT2D eigenvalue weighted by Gasteiger charge is 2.22. The van der Waals surface area contributed by atoms with Crippen LogP contribution < -0.4 is 5.32 Å². The van der Waals surface area contributed by atoms with Crippen molar-refractivity contribution in [3.8, 4) is 0 Å². The molecule has 0 aromatic carbocycles. The monoisotopic (exact) mass is 280 g/mol. The predicted molar refractivity (Wildman–Crippen MR) is 74.6 cm³/mol. The summed E-state index contributed by atoms with van der Waals surface area (Å²) in [5.74, 6) is 2.00. The third kappa shape index (κ3) is 4.88. The van der Waals surface area contributed by atoms with E-state index in [9.17, 15) is 4.79 Å². The zero-order valence-corrected chi connectivity index (χ0v) is 12.3. The Bertz CT molecular complexity index is 405. The van der Waals surface area contributed by atoms with Crippen molar-refractivity contribution in [1.29, 1.82) is 0 Å². The van der Waals surface area contributed by atoms with Gasteiger partial charge in [-0.05, 0) is 37.6 Å². The van der Waals surface area contributed by atoms with Crippen LogP contribution in [0.25, 0.3) is 0 Å². The first kappa shape index (κ1) is 14.9. The van der Waals surface area contributed by atoms with E-state index in [0.29, 0.717) is 18.9 Å². The molecule has 7 heteroatoms. The first-order chi connectivity index (χ1) is 9.63. The molecular formula is C13H24N6O. The molecule has 1 atom stereocenters. The molecule has 0 saturated carbocycles. The van der Waals surface area contributed by atoms with Crippen molar-refractivity contribution in [3.63, 3.8) is 0 Å². The molecule has 1 aliphatic heterocycles. The highest BCUT2D eigenvalue weighted by molar-refractivity contribution is 5.77. The van der Waals surface area contributed by atoms with Gasteiger partial charge in [0, 0.05) is 6.54 Å². The molecule has 1 aromatic rings. The first-order valence-corrected chi connectivity index (χ1v) is 7.35. The Hall–Kier alpha value is -1.50. The summed E-state index contributed by atoms with van der Waals surface area (Å²) in [6.07, 6.45) is 3.73. The van der Waals surface area contributed by atoms with Crippen molar-refractivity contribution in [2.24, 2.45) is 11.8 Å². The molecule has 0 radical (unpaired) electrons. The van der Waals surface area contributed by atoms with E-state index in [-0.39, 0.29) is 5.91 Å². The van der Waals surface area contributed by atoms with E-state index in [0.717, 1.165) is 24.9 Å². The van der Waals surface area contributed by atoms with E-state index in [1.807, 2.05) is 0 Å². The Kier molecular flexibility index (Phi) is 5.46. The number of aromatic amines is 1. The van der Waals surface area contributed by atoms with Crippen LogP contribution in [0, 0.1) is 11.8 Å². The van der Waals surface area contributed by atoms with Gasteiger partial charge in [-0.2, -0.15) is 5.21 Å². The minimum Gasteiger partial charge on any atom is -0.348 e. The van der Waals surface area contributed by atoms with Gasteiger partial charge in [0.2, 0.25) is 5.91 Å². The number of piperidine rings is 1. The molecule has 0 bridgehead atoms. The Labute approximate surface area is 119 Å². The topological polar surface area (TPSA) is 86.8 Å². The molecule has 1 unspecified atom stereocenters. The van der Waals surface area contributed by atoms with Crippen LogP contribution in [0.4, 0.5) is 0 Å². The fourth-order valence-electron chi connectivity index (χ4n) is 2.85. The average molecular weight is 280 g/mol. The molecule has 0 spiro atoms. The third-order valence-corrected chi connectivity index (χ3v) is 3.61. The van der Waals surface area contributed by atoms with Crippen molar-refractivity contribution in [2.45, 2.75) is 39.7 Å². The van der Waals surface area contributed by atoms with E-state index in [1.165, 1.54) is 19.3 Å². The minimum atomic E-state index is 0.0278. The van der Waals surface area contributed by atoms with Crippen LogP contribution in [-0.2, 0) is 11.3 Å². The van der Waals surface area contributed by atoms with Gasteiger partial charge >= 0.3 is 0 Å². The number of hydrogen-bond donors (Lipinski definition) is 2. The standard InChI is InChI=1S/C13H24N6O/c1-10(2)6-11-4-3-5-19(8-11)9-13(20)14-7-12-15-17-18-16-12/h10-11H,3-9H2,1-2H3,(H,14,20)(H,15,16,17,18). The lowest BCUT2D eigenvalue weighted by atomic mass is 9.90. The van der Waals surface area contributed by atoms with Gasteiger partial charge in [0.05, 0.1) is 13.1 Å². The highest BCUT2D eigenvalue weighted by Crippen LogP contribution is 2.22. The molecule has 7 nitrogen and oxygen atoms in total. The zero-order valence-electron chi connectivity index (χ0n) is 12.3. The summed E-state index contributed by atoms with van der Waals surface area (Å²) < 4.78 is 0. The molecular weight excluding hydrogens is 256 g/mol. The quantitative estimate of drug-likeness (QED) is 0.795. The van der Waals surface area contributed by atoms with Crippen molar-refractivity contribution in [2.75, 3.05) is 19.6 Å². The molecule has 1 fully saturated rings. The summed E-state index contributed by atoms with van der Waals surface area (Å²) in [4.78, 5) is 14.1. The molecule has 1 aliphatic rings. The molecule has 20 heavy (non-hydrogen) atoms. The van der Waals surface area contributed by atoms with E-state index in [1.54, 1.807) is 0 Å². The van der Waals surface area contributed by atoms with Gasteiger partial charge in [-0.3, -0.25) is 9.69 Å². The SMILES string of the molecule is CC(C)CC1CCCN(CC(=O)NCc2nn[nH]n2)C1. The second kappa shape index (κ2) is 7.33. The largest absolute Gasteiger partial charge is 0.348 e. The van der Waals surface area contributed by atoms with Crippen LogP contribution in [-0.4, -0.2) is 51.1 Å². The average Bonchev–Trinajstić information content (AvgIpc) is 2.89. The van der Waals surface area contributed by atoms with Gasteiger partial charge < -0.3 is 5.32 Å². The van der Waals surface area contributed by atoms with E-state index in [2.05, 4.69) is 44.7 Å². The van der Waals surface area contributed by atoms with Gasteiger partial charge in [0.1, 0.15) is 0 Å². The Morgan fingerprint density at radius 2 is 2.40 bits per heavy atom. The van der Waals surface area contributed by atoms with Crippen molar-refractivity contribution < 1.29 is 4.79 Å². The number of amides is 1. The van der Waals surface area contributed by atoms with Crippen LogP contribution in [0.2, 0.25) is 0 Å². The number of nitrogens with one attached hydrogen (secondary N) is 2. The number of rotatable bonds is 6. The van der Waals surface area contributed by atoms with Crippen molar-refractivity contribution in [3.05, 3.63) is 5.82 Å². The maximum atomic E-state index is 11.9. The number of tetrazole rings is 1. The number of aromatic nitrogens is 4. The van der Waals surface area contributed by atoms with Crippen LogP contribution in [0.15, 0.2) is 0 Å². The summed E-state index contributed by atoms with van der Waals surface area (Å²) in [7, 11) is 0. The number of likely N-dealkylation sites (tertiary alicyclic amines) is 1. The summed E-state index contributed by atoms with van der Waals surface area (Å²) in [5.41, 5.74) is 0. The van der Waals surface area contributed by atoms with Crippen LogP contribution in [0.1, 0.15) is 38.9 Å².